The van der Waals surface area contributed by atoms with Gasteiger partial charge < -0.3 is 138 Å². The van der Waals surface area contributed by atoms with Gasteiger partial charge in [-0.3, -0.25) is 87.5 Å². The summed E-state index contributed by atoms with van der Waals surface area (Å²) in [5.41, 5.74) is 22.8. The van der Waals surface area contributed by atoms with E-state index < -0.39 is 240 Å². The van der Waals surface area contributed by atoms with Crippen molar-refractivity contribution in [1.82, 2.24) is 99.9 Å². The smallest absolute Gasteiger partial charge is 0.245 e. The van der Waals surface area contributed by atoms with Crippen molar-refractivity contribution in [3.8, 4) is 11.5 Å². The number of nitrogens with one attached hydrogen (secondary N) is 19. The molecule has 1 aliphatic rings. The van der Waals surface area contributed by atoms with Gasteiger partial charge in [-0.15, -0.1) is 11.8 Å². The first kappa shape index (κ1) is 113. The fourth-order valence-electron chi connectivity index (χ4n) is 14.7. The molecule has 16 amide bonds. The van der Waals surface area contributed by atoms with Crippen molar-refractivity contribution in [3.05, 3.63) is 185 Å². The predicted molar refractivity (Wildman–Crippen MR) is 522 cm³/mol. The van der Waals surface area contributed by atoms with Crippen LogP contribution in [0.5, 0.6) is 11.5 Å². The van der Waals surface area contributed by atoms with Crippen LogP contribution in [0.4, 0.5) is 0 Å². The number of aliphatic hydroxyl groups excluding tert-OH is 2. The Kier molecular flexibility index (Phi) is 46.0. The quantitative estimate of drug-likeness (QED) is 0.0112. The van der Waals surface area contributed by atoms with E-state index >= 15 is 33.6 Å². The van der Waals surface area contributed by atoms with Crippen molar-refractivity contribution >= 4 is 130 Å². The molecule has 0 unspecified atom stereocenters. The van der Waals surface area contributed by atoms with Crippen LogP contribution in [-0.2, 0) is 122 Å². The molecule has 764 valence electrons. The Morgan fingerprint density at radius 3 is 1.28 bits per heavy atom. The van der Waals surface area contributed by atoms with E-state index in [9.17, 15) is 63.6 Å². The average molecular weight is 2000 g/mol. The Labute approximate surface area is 824 Å². The van der Waals surface area contributed by atoms with Crippen LogP contribution in [-0.4, -0.2) is 271 Å². The normalized spacial score (nSPS) is 22.6. The number of benzene rings is 5. The molecule has 141 heavy (non-hydrogen) atoms. The standard InChI is InChI=1S/C94H130ClN25O20S/c1-7-52(2)76-89(138)109-65(24-17-39-104-93(100)101)79(128)107-63(22-14-15-37-96)81(130)114-72(48-121)88(137)119-94(4,5)91(140)116-70(41-55-20-12-9-13-21-55)86(135)108-64(23-16-38-103-92(98)99)80(129)110-67(43-57-27-33-61(123)34-28-57)83(132)111-68(42-56-25-31-59(95)32-26-56)84(133)112-69(44-58-29-35-62(124)36-30-58)85(134)115-73(78(127)105-47-74(97)125)49-141-50-75(126)106-66(40-54-18-10-8-11-19-54)82(131)113-71(45-60-46-102-51-120(60)6)87(136)118-77(53(3)122)90(139)117-76/h8-13,18-21,25-36,46,51-53,63-73,76-77,121-124H,7,14-17,22-24,37-45,47-50,96H2,1-6H3,(H2,97,125)(H,105,127)(H,106,126)(H,107,128)(H,108,135)(H,109,138)(H,110,129)(H,111,132)(H,112,133)(H,113,131)(H,114,130)(H,115,134)(H,116,140)(H,117,139)(H,118,136)(H,119,137)(H4,98,99,103)(H4,100,101,104)/t52-,53+,63-,64-,65-,66-,67-,68-,69-,70-,71-,72-,73-,76-,77-/m0/s1. The molecule has 15 atom stereocenters. The second kappa shape index (κ2) is 57.1. The predicted octanol–water partition coefficient (Wildman–Crippen LogP) is -4.14. The van der Waals surface area contributed by atoms with Crippen molar-refractivity contribution in [3.63, 3.8) is 0 Å². The summed E-state index contributed by atoms with van der Waals surface area (Å²) in [5.74, 6) is -19.8. The summed E-state index contributed by atoms with van der Waals surface area (Å²) in [6.07, 6.45) is -1.09. The van der Waals surface area contributed by atoms with E-state index in [1.165, 1.54) is 104 Å². The Balaban J connectivity index is 1.35. The first-order chi connectivity index (χ1) is 67.0. The summed E-state index contributed by atoms with van der Waals surface area (Å²) in [5, 5.41) is 103. The Morgan fingerprint density at radius 2 is 0.858 bits per heavy atom. The number of carbonyl (C=O) groups is 16. The number of aromatic nitrogens is 2. The molecular weight excluding hydrogens is 1870 g/mol. The van der Waals surface area contributed by atoms with E-state index in [4.69, 9.17) is 45.4 Å². The number of aryl methyl sites for hydroxylation is 1. The lowest BCUT2D eigenvalue weighted by Gasteiger charge is -2.31. The van der Waals surface area contributed by atoms with Crippen molar-refractivity contribution in [2.75, 3.05) is 44.3 Å². The topological polar surface area (TPSA) is 728 Å². The number of nitrogens with zero attached hydrogens (tertiary/aromatic N) is 2. The number of carbonyl (C=O) groups excluding carboxylic acids is 16. The Morgan fingerprint density at radius 1 is 0.482 bits per heavy atom. The van der Waals surface area contributed by atoms with Gasteiger partial charge in [0.25, 0.3) is 0 Å². The van der Waals surface area contributed by atoms with Crippen LogP contribution >= 0.6 is 23.4 Å². The summed E-state index contributed by atoms with van der Waals surface area (Å²) in [4.78, 5) is 241. The number of halogens is 1. The molecule has 5 aromatic carbocycles. The minimum Gasteiger partial charge on any atom is -0.508 e. The summed E-state index contributed by atoms with van der Waals surface area (Å²) in [6, 6.07) is 11.5. The van der Waals surface area contributed by atoms with Crippen LogP contribution in [0, 0.1) is 16.7 Å². The number of nitrogens with two attached hydrogens (primary N) is 4. The molecule has 0 aliphatic carbocycles. The first-order valence-electron chi connectivity index (χ1n) is 45.9. The fourth-order valence-corrected chi connectivity index (χ4v) is 15.7. The molecule has 47 heteroatoms. The maximum atomic E-state index is 15.5. The zero-order valence-electron chi connectivity index (χ0n) is 79.2. The highest BCUT2D eigenvalue weighted by Gasteiger charge is 2.42. The minimum absolute atomic E-state index is 0.0151. The van der Waals surface area contributed by atoms with Crippen molar-refractivity contribution in [2.24, 2.45) is 35.9 Å². The lowest BCUT2D eigenvalue weighted by atomic mass is 9.96. The number of hydrogen-bond acceptors (Lipinski definition) is 25. The molecule has 7 rings (SSSR count). The van der Waals surface area contributed by atoms with Crippen LogP contribution in [0.1, 0.15) is 119 Å². The van der Waals surface area contributed by atoms with Gasteiger partial charge in [-0.25, -0.2) is 4.98 Å². The number of hydrogen-bond donors (Lipinski definition) is 27. The number of phenolic OH excluding ortho intramolecular Hbond substituents is 2. The molecular formula is C94H130ClN25O20S. The van der Waals surface area contributed by atoms with Gasteiger partial charge in [-0.05, 0) is 142 Å². The van der Waals surface area contributed by atoms with Gasteiger partial charge in [-0.2, -0.15) is 0 Å². The number of aromatic hydroxyl groups is 2. The van der Waals surface area contributed by atoms with Crippen LogP contribution in [0.2, 0.25) is 5.02 Å². The third-order valence-electron chi connectivity index (χ3n) is 22.9. The molecule has 0 spiro atoms. The van der Waals surface area contributed by atoms with Crippen LogP contribution < -0.4 is 113 Å². The first-order valence-corrected chi connectivity index (χ1v) is 47.5. The molecule has 2 heterocycles. The van der Waals surface area contributed by atoms with Crippen LogP contribution in [0.3, 0.4) is 0 Å². The minimum atomic E-state index is -2.07. The van der Waals surface area contributed by atoms with Gasteiger partial charge in [0.2, 0.25) is 94.5 Å². The summed E-state index contributed by atoms with van der Waals surface area (Å²) >= 11 is 7.10. The van der Waals surface area contributed by atoms with E-state index in [2.05, 4.69) is 95.4 Å². The number of rotatable bonds is 31. The number of guanidine groups is 2. The summed E-state index contributed by atoms with van der Waals surface area (Å²) in [6.45, 7) is 5.00. The number of unbranched alkanes of at least 4 members (excludes halogenated alkanes) is 1. The van der Waals surface area contributed by atoms with Gasteiger partial charge >= 0.3 is 0 Å². The molecule has 45 nitrogen and oxygen atoms in total. The molecule has 1 aromatic heterocycles. The highest BCUT2D eigenvalue weighted by Crippen LogP contribution is 2.21. The zero-order valence-corrected chi connectivity index (χ0v) is 80.7. The maximum Gasteiger partial charge on any atom is 0.245 e. The van der Waals surface area contributed by atoms with E-state index in [1.54, 1.807) is 81.6 Å². The number of phenols is 2. The number of amides is 16. The van der Waals surface area contributed by atoms with E-state index in [-0.39, 0.29) is 107 Å². The van der Waals surface area contributed by atoms with Crippen molar-refractivity contribution < 1.29 is 97.1 Å². The van der Waals surface area contributed by atoms with Crippen LogP contribution in [0.25, 0.3) is 0 Å². The number of thioether (sulfide) groups is 1. The SMILES string of the molecule is CC[C@H](C)[C@@H]1NC(=O)[C@H]([C@@H](C)O)NC(=O)[C@H](Cc2cncn2C)NC(=O)[C@H](Cc2ccccc2)NC(=O)CSC[C@@H](C(=O)NCC(N)=O)NC(=O)[C@H](Cc2ccc(O)cc2)NC(=O)[C@H](Cc2ccc(Cl)cc2)NC(=O)[C@H](Cc2ccc(O)cc2)NC(=O)[C@H](CCCNC(=N)N)NC(=O)[C@H](Cc2ccccc2)NC(=O)C(C)(C)NC(=O)[C@H](CO)NC(=O)[C@H](CCCCN)NC(=O)[C@H](CCCNC(=N)N)NC1=O. The van der Waals surface area contributed by atoms with E-state index in [0.29, 0.717) is 39.9 Å². The lowest BCUT2D eigenvalue weighted by Crippen LogP contribution is -2.64. The molecule has 0 saturated carbocycles. The second-order valence-corrected chi connectivity index (χ2v) is 36.2. The van der Waals surface area contributed by atoms with Gasteiger partial charge in [0.05, 0.1) is 31.3 Å². The monoisotopic (exact) mass is 2000 g/mol. The van der Waals surface area contributed by atoms with E-state index in [0.717, 1.165) is 18.7 Å². The Hall–Kier alpha value is -14.5. The molecule has 1 aliphatic heterocycles. The third-order valence-corrected chi connectivity index (χ3v) is 24.2. The van der Waals surface area contributed by atoms with Crippen LogP contribution in [0.15, 0.2) is 146 Å². The number of imidazole rings is 1. The van der Waals surface area contributed by atoms with Crippen molar-refractivity contribution in [2.45, 2.75) is 215 Å². The molecule has 1 saturated heterocycles. The highest BCUT2D eigenvalue weighted by atomic mass is 35.5. The number of primary amides is 1. The summed E-state index contributed by atoms with van der Waals surface area (Å²) in [7, 11) is 1.59. The zero-order chi connectivity index (χ0) is 104. The molecule has 31 N–H and O–H groups in total. The number of aliphatic hydroxyl groups is 2. The van der Waals surface area contributed by atoms with Gasteiger partial charge in [-0.1, -0.05) is 129 Å². The van der Waals surface area contributed by atoms with E-state index in [1.807, 2.05) is 0 Å². The average Bonchev–Trinajstić information content (AvgIpc) is 1.82. The Bertz CT molecular complexity index is 5260. The van der Waals surface area contributed by atoms with Gasteiger partial charge in [0, 0.05) is 81.3 Å². The van der Waals surface area contributed by atoms with Gasteiger partial charge in [0.1, 0.15) is 95.6 Å². The lowest BCUT2D eigenvalue weighted by molar-refractivity contribution is -0.138. The molecule has 0 bridgehead atoms. The molecule has 0 radical (unpaired) electrons. The highest BCUT2D eigenvalue weighted by molar-refractivity contribution is 8.00. The van der Waals surface area contributed by atoms with Gasteiger partial charge in [0.15, 0.2) is 11.9 Å². The molecule has 6 aromatic rings. The third kappa shape index (κ3) is 38.7. The largest absolute Gasteiger partial charge is 0.508 e. The summed E-state index contributed by atoms with van der Waals surface area (Å²) < 4.78 is 1.53. The van der Waals surface area contributed by atoms with Crippen molar-refractivity contribution in [1.29, 1.82) is 10.8 Å². The maximum absolute atomic E-state index is 15.5. The second-order valence-electron chi connectivity index (χ2n) is 34.7. The molecule has 1 fully saturated rings. The fraction of sp³-hybridized carbons (Fsp3) is 0.457.